The molecule has 0 saturated heterocycles. The quantitative estimate of drug-likeness (QED) is 0.220. The van der Waals surface area contributed by atoms with Crippen LogP contribution in [0.5, 0.6) is 0 Å². The molecule has 0 aliphatic rings. The Balaban J connectivity index is 3.29. The van der Waals surface area contributed by atoms with E-state index in [0.29, 0.717) is 0 Å². The van der Waals surface area contributed by atoms with Crippen molar-refractivity contribution < 1.29 is 13.3 Å². The molecule has 4 N–H and O–H groups in total. The summed E-state index contributed by atoms with van der Waals surface area (Å²) in [7, 11) is 4.54. The molecule has 0 aliphatic carbocycles. The zero-order valence-corrected chi connectivity index (χ0v) is 15.1. The van der Waals surface area contributed by atoms with Crippen LogP contribution < -0.4 is 21.3 Å². The second kappa shape index (κ2) is 14.9. The van der Waals surface area contributed by atoms with Gasteiger partial charge in [-0.3, -0.25) is 0 Å². The normalized spacial score (nSPS) is 12.0. The second-order valence-electron chi connectivity index (χ2n) is 4.75. The van der Waals surface area contributed by atoms with Crippen molar-refractivity contribution in [2.75, 3.05) is 74.2 Å². The van der Waals surface area contributed by atoms with Gasteiger partial charge in [-0.15, -0.1) is 0 Å². The van der Waals surface area contributed by atoms with Crippen LogP contribution in [-0.4, -0.2) is 83.0 Å². The van der Waals surface area contributed by atoms with Gasteiger partial charge in [-0.25, -0.2) is 0 Å². The van der Waals surface area contributed by atoms with Gasteiger partial charge in [0.05, 0.1) is 0 Å². The molecule has 0 aromatic carbocycles. The summed E-state index contributed by atoms with van der Waals surface area (Å²) in [6, 6.07) is 0.840. The van der Waals surface area contributed by atoms with Crippen LogP contribution in [-0.2, 0) is 13.3 Å². The first-order valence-corrected chi connectivity index (χ1v) is 9.60. The molecule has 21 heavy (non-hydrogen) atoms. The standard InChI is InChI=1S/C13H34N4O3Si/c1-14-7-8-16-11-12-17-10-9-15-6-5-13-21(18-2,19-3)20-4/h14-17H,5-13H2,1-4H3. The number of likely N-dealkylation sites (N-methyl/N-ethyl adjacent to an activating group) is 1. The lowest BCUT2D eigenvalue weighted by molar-refractivity contribution is 0.123. The van der Waals surface area contributed by atoms with Crippen molar-refractivity contribution >= 4 is 8.80 Å². The van der Waals surface area contributed by atoms with Crippen molar-refractivity contribution in [2.45, 2.75) is 12.5 Å². The molecule has 0 fully saturated rings. The second-order valence-corrected chi connectivity index (χ2v) is 7.84. The van der Waals surface area contributed by atoms with E-state index in [-0.39, 0.29) is 0 Å². The van der Waals surface area contributed by atoms with E-state index in [9.17, 15) is 0 Å². The first-order chi connectivity index (χ1) is 10.2. The summed E-state index contributed by atoms with van der Waals surface area (Å²) in [5.41, 5.74) is 0. The highest BCUT2D eigenvalue weighted by Crippen LogP contribution is 2.14. The van der Waals surface area contributed by atoms with E-state index < -0.39 is 8.80 Å². The Kier molecular flexibility index (Phi) is 14.8. The summed E-state index contributed by atoms with van der Waals surface area (Å²) >= 11 is 0. The first kappa shape index (κ1) is 20.9. The maximum atomic E-state index is 5.38. The van der Waals surface area contributed by atoms with Crippen molar-refractivity contribution in [1.29, 1.82) is 0 Å². The van der Waals surface area contributed by atoms with Crippen LogP contribution in [0.15, 0.2) is 0 Å². The molecule has 0 aromatic rings. The van der Waals surface area contributed by atoms with Gasteiger partial charge < -0.3 is 34.5 Å². The van der Waals surface area contributed by atoms with E-state index in [2.05, 4.69) is 21.3 Å². The van der Waals surface area contributed by atoms with E-state index >= 15 is 0 Å². The summed E-state index contributed by atoms with van der Waals surface area (Å²) in [6.45, 7) is 6.93. The van der Waals surface area contributed by atoms with Gasteiger partial charge in [-0.2, -0.15) is 0 Å². The van der Waals surface area contributed by atoms with Crippen molar-refractivity contribution in [2.24, 2.45) is 0 Å². The molecular weight excluding hydrogens is 288 g/mol. The van der Waals surface area contributed by atoms with Gasteiger partial charge in [-0.1, -0.05) is 0 Å². The summed E-state index contributed by atoms with van der Waals surface area (Å²) in [6.07, 6.45) is 0.993. The average Bonchev–Trinajstić information content (AvgIpc) is 2.53. The van der Waals surface area contributed by atoms with Gasteiger partial charge in [0.1, 0.15) is 0 Å². The van der Waals surface area contributed by atoms with Gasteiger partial charge in [0.15, 0.2) is 0 Å². The lowest BCUT2D eigenvalue weighted by Gasteiger charge is -2.24. The van der Waals surface area contributed by atoms with Crippen LogP contribution in [0.4, 0.5) is 0 Å². The number of rotatable bonds is 16. The Morgan fingerprint density at radius 2 is 1.10 bits per heavy atom. The Labute approximate surface area is 130 Å². The third-order valence-corrected chi connectivity index (χ3v) is 6.11. The summed E-state index contributed by atoms with van der Waals surface area (Å²) < 4.78 is 16.1. The molecule has 7 nitrogen and oxygen atoms in total. The maximum Gasteiger partial charge on any atom is 0.500 e. The predicted molar refractivity (Wildman–Crippen MR) is 88.7 cm³/mol. The molecule has 8 heteroatoms. The molecule has 0 atom stereocenters. The smallest absolute Gasteiger partial charge is 0.377 e. The van der Waals surface area contributed by atoms with E-state index in [0.717, 1.165) is 58.3 Å². The molecule has 0 spiro atoms. The number of nitrogens with one attached hydrogen (secondary N) is 4. The monoisotopic (exact) mass is 322 g/mol. The Morgan fingerprint density at radius 3 is 1.52 bits per heavy atom. The van der Waals surface area contributed by atoms with Gasteiger partial charge in [-0.05, 0) is 20.0 Å². The molecular formula is C13H34N4O3Si. The first-order valence-electron chi connectivity index (χ1n) is 7.67. The molecule has 0 aliphatic heterocycles. The third-order valence-electron chi connectivity index (χ3n) is 3.28. The predicted octanol–water partition coefficient (Wildman–Crippen LogP) is -0.757. The van der Waals surface area contributed by atoms with E-state index in [1.807, 2.05) is 7.05 Å². The third kappa shape index (κ3) is 11.2. The number of hydrogen-bond donors (Lipinski definition) is 4. The van der Waals surface area contributed by atoms with E-state index in [1.165, 1.54) is 0 Å². The highest BCUT2D eigenvalue weighted by atomic mass is 28.4. The van der Waals surface area contributed by atoms with Crippen molar-refractivity contribution in [3.05, 3.63) is 0 Å². The topological polar surface area (TPSA) is 75.8 Å². The van der Waals surface area contributed by atoms with Gasteiger partial charge >= 0.3 is 8.80 Å². The van der Waals surface area contributed by atoms with E-state index in [4.69, 9.17) is 13.3 Å². The summed E-state index contributed by atoms with van der Waals surface area (Å²) in [4.78, 5) is 0. The van der Waals surface area contributed by atoms with Gasteiger partial charge in [0.25, 0.3) is 0 Å². The molecule has 0 unspecified atom stereocenters. The Bertz CT molecular complexity index is 213. The molecule has 0 heterocycles. The van der Waals surface area contributed by atoms with Crippen LogP contribution in [0.3, 0.4) is 0 Å². The highest BCUT2D eigenvalue weighted by Gasteiger charge is 2.36. The minimum absolute atomic E-state index is 0.840. The van der Waals surface area contributed by atoms with Crippen LogP contribution in [0.2, 0.25) is 6.04 Å². The zero-order chi connectivity index (χ0) is 15.8. The maximum absolute atomic E-state index is 5.38. The fraction of sp³-hybridized carbons (Fsp3) is 1.00. The number of hydrogen-bond acceptors (Lipinski definition) is 7. The summed E-state index contributed by atoms with van der Waals surface area (Å²) in [5, 5.41) is 13.3. The minimum Gasteiger partial charge on any atom is -0.377 e. The molecule has 0 saturated carbocycles. The summed E-state index contributed by atoms with van der Waals surface area (Å²) in [5.74, 6) is 0. The van der Waals surface area contributed by atoms with Crippen LogP contribution in [0.25, 0.3) is 0 Å². The molecule has 128 valence electrons. The average molecular weight is 323 g/mol. The largest absolute Gasteiger partial charge is 0.500 e. The molecule has 0 aromatic heterocycles. The van der Waals surface area contributed by atoms with Crippen molar-refractivity contribution in [3.8, 4) is 0 Å². The Hall–Kier alpha value is -0.0631. The molecule has 0 radical (unpaired) electrons. The van der Waals surface area contributed by atoms with Crippen LogP contribution >= 0.6 is 0 Å². The van der Waals surface area contributed by atoms with Crippen molar-refractivity contribution in [3.63, 3.8) is 0 Å². The zero-order valence-electron chi connectivity index (χ0n) is 14.1. The van der Waals surface area contributed by atoms with Gasteiger partial charge in [0, 0.05) is 66.6 Å². The fourth-order valence-electron chi connectivity index (χ4n) is 1.93. The highest BCUT2D eigenvalue weighted by molar-refractivity contribution is 6.60. The fourth-order valence-corrected chi connectivity index (χ4v) is 3.65. The minimum atomic E-state index is -2.38. The molecule has 0 rings (SSSR count). The molecule has 0 amide bonds. The van der Waals surface area contributed by atoms with Crippen LogP contribution in [0.1, 0.15) is 6.42 Å². The lowest BCUT2D eigenvalue weighted by Crippen LogP contribution is -2.43. The van der Waals surface area contributed by atoms with Gasteiger partial charge in [0.2, 0.25) is 0 Å². The molecule has 0 bridgehead atoms. The van der Waals surface area contributed by atoms with Crippen LogP contribution in [0, 0.1) is 0 Å². The van der Waals surface area contributed by atoms with Crippen molar-refractivity contribution in [1.82, 2.24) is 21.3 Å². The SMILES string of the molecule is CNCCNCCNCCNCCC[Si](OC)(OC)OC. The van der Waals surface area contributed by atoms with E-state index in [1.54, 1.807) is 21.3 Å². The lowest BCUT2D eigenvalue weighted by atomic mass is 10.4. The Morgan fingerprint density at radius 1 is 0.667 bits per heavy atom.